The van der Waals surface area contributed by atoms with E-state index in [0.29, 0.717) is 42.6 Å². The van der Waals surface area contributed by atoms with E-state index in [0.717, 1.165) is 21.3 Å². The van der Waals surface area contributed by atoms with E-state index in [1.54, 1.807) is 14.2 Å². The second-order valence-corrected chi connectivity index (χ2v) is 6.97. The lowest BCUT2D eigenvalue weighted by atomic mass is 9.84. The van der Waals surface area contributed by atoms with Crippen LogP contribution < -0.4 is 24.3 Å². The topological polar surface area (TPSA) is 66.0 Å². The lowest BCUT2D eigenvalue weighted by molar-refractivity contribution is -0.116. The minimum absolute atomic E-state index is 0.0409. The molecule has 1 atom stereocenters. The summed E-state index contributed by atoms with van der Waals surface area (Å²) in [4.78, 5) is 12.3. The van der Waals surface area contributed by atoms with Crippen LogP contribution in [0.5, 0.6) is 23.0 Å². The second kappa shape index (κ2) is 6.72. The van der Waals surface area contributed by atoms with Crippen LogP contribution in [0.3, 0.4) is 0 Å². The molecule has 0 bridgehead atoms. The van der Waals surface area contributed by atoms with Crippen molar-refractivity contribution in [2.24, 2.45) is 0 Å². The molecule has 0 saturated heterocycles. The molecule has 0 saturated carbocycles. The number of amides is 1. The van der Waals surface area contributed by atoms with E-state index in [2.05, 4.69) is 21.2 Å². The molecule has 26 heavy (non-hydrogen) atoms. The van der Waals surface area contributed by atoms with Gasteiger partial charge in [-0.05, 0) is 29.3 Å². The smallest absolute Gasteiger partial charge is 0.225 e. The van der Waals surface area contributed by atoms with E-state index in [4.69, 9.17) is 18.9 Å². The molecular formula is C19H18BrNO5. The van der Waals surface area contributed by atoms with Crippen molar-refractivity contribution in [1.82, 2.24) is 0 Å². The van der Waals surface area contributed by atoms with E-state index in [9.17, 15) is 4.79 Å². The van der Waals surface area contributed by atoms with Crippen molar-refractivity contribution in [3.8, 4) is 23.0 Å². The molecule has 0 aliphatic carbocycles. The van der Waals surface area contributed by atoms with Crippen molar-refractivity contribution in [1.29, 1.82) is 0 Å². The van der Waals surface area contributed by atoms with Crippen molar-refractivity contribution in [3.63, 3.8) is 0 Å². The molecule has 6 nitrogen and oxygen atoms in total. The van der Waals surface area contributed by atoms with Crippen LogP contribution in [0.25, 0.3) is 0 Å². The molecule has 4 rings (SSSR count). The Morgan fingerprint density at radius 1 is 1.00 bits per heavy atom. The molecule has 2 aliphatic heterocycles. The summed E-state index contributed by atoms with van der Waals surface area (Å²) < 4.78 is 23.0. The van der Waals surface area contributed by atoms with Crippen LogP contribution in [0.1, 0.15) is 23.5 Å². The lowest BCUT2D eigenvalue weighted by Crippen LogP contribution is -2.25. The first-order valence-electron chi connectivity index (χ1n) is 8.25. The van der Waals surface area contributed by atoms with E-state index in [1.165, 1.54) is 0 Å². The molecule has 2 aromatic carbocycles. The molecule has 0 spiro atoms. The summed E-state index contributed by atoms with van der Waals surface area (Å²) >= 11 is 3.61. The molecule has 7 heteroatoms. The molecule has 2 aliphatic rings. The van der Waals surface area contributed by atoms with Crippen LogP contribution in [-0.4, -0.2) is 33.3 Å². The van der Waals surface area contributed by atoms with Crippen LogP contribution >= 0.6 is 15.9 Å². The maximum absolute atomic E-state index is 12.3. The highest BCUT2D eigenvalue weighted by Gasteiger charge is 2.31. The van der Waals surface area contributed by atoms with Crippen LogP contribution in [0.4, 0.5) is 5.69 Å². The van der Waals surface area contributed by atoms with E-state index in [1.807, 2.05) is 24.3 Å². The van der Waals surface area contributed by atoms with Gasteiger partial charge >= 0.3 is 0 Å². The first-order chi connectivity index (χ1) is 12.6. The summed E-state index contributed by atoms with van der Waals surface area (Å²) in [6, 6.07) is 7.56. The number of halogens is 1. The molecule has 0 aromatic heterocycles. The summed E-state index contributed by atoms with van der Waals surface area (Å²) in [5.74, 6) is 2.43. The van der Waals surface area contributed by atoms with Gasteiger partial charge in [0.25, 0.3) is 0 Å². The molecule has 0 fully saturated rings. The van der Waals surface area contributed by atoms with Gasteiger partial charge in [0.1, 0.15) is 13.2 Å². The number of rotatable bonds is 3. The standard InChI is InChI=1S/C19H18BrNO5/c1-23-15-5-11(13(20)8-16(15)24-2)10-7-19(22)21-14-9-18-17(6-12(10)14)25-3-4-26-18/h5-6,8-10H,3-4,7H2,1-2H3,(H,21,22)/t10-/m0/s1. The average Bonchev–Trinajstić information content (AvgIpc) is 2.65. The monoisotopic (exact) mass is 419 g/mol. The Kier molecular flexibility index (Phi) is 4.40. The Morgan fingerprint density at radius 2 is 1.65 bits per heavy atom. The molecule has 1 N–H and O–H groups in total. The number of benzene rings is 2. The first-order valence-corrected chi connectivity index (χ1v) is 9.05. The van der Waals surface area contributed by atoms with Gasteiger partial charge in [0, 0.05) is 28.6 Å². The highest BCUT2D eigenvalue weighted by molar-refractivity contribution is 9.10. The number of hydrogen-bond donors (Lipinski definition) is 1. The normalized spacial score (nSPS) is 18.0. The summed E-state index contributed by atoms with van der Waals surface area (Å²) in [5, 5.41) is 2.93. The molecule has 2 heterocycles. The maximum atomic E-state index is 12.3. The van der Waals surface area contributed by atoms with Crippen LogP contribution in [0.2, 0.25) is 0 Å². The summed E-state index contributed by atoms with van der Waals surface area (Å²) in [6.45, 7) is 1.02. The van der Waals surface area contributed by atoms with Gasteiger partial charge in [0.15, 0.2) is 23.0 Å². The average molecular weight is 420 g/mol. The molecular weight excluding hydrogens is 402 g/mol. The highest BCUT2D eigenvalue weighted by atomic mass is 79.9. The molecule has 0 radical (unpaired) electrons. The fourth-order valence-electron chi connectivity index (χ4n) is 3.41. The summed E-state index contributed by atoms with van der Waals surface area (Å²) in [7, 11) is 3.19. The SMILES string of the molecule is COc1cc(Br)c([C@@H]2CC(=O)Nc3cc4c(cc32)OCCO4)cc1OC. The summed E-state index contributed by atoms with van der Waals surface area (Å²) in [5.41, 5.74) is 2.69. The van der Waals surface area contributed by atoms with Gasteiger partial charge in [-0.25, -0.2) is 0 Å². The van der Waals surface area contributed by atoms with Crippen LogP contribution in [0, 0.1) is 0 Å². The number of carbonyl (C=O) groups is 1. The number of methoxy groups -OCH3 is 2. The van der Waals surface area contributed by atoms with E-state index >= 15 is 0 Å². The summed E-state index contributed by atoms with van der Waals surface area (Å²) in [6.07, 6.45) is 0.334. The lowest BCUT2D eigenvalue weighted by Gasteiger charge is -2.29. The third-order valence-corrected chi connectivity index (χ3v) is 5.32. The zero-order valence-electron chi connectivity index (χ0n) is 14.4. The zero-order valence-corrected chi connectivity index (χ0v) is 16.0. The highest BCUT2D eigenvalue weighted by Crippen LogP contribution is 2.47. The number of nitrogens with one attached hydrogen (secondary N) is 1. The van der Waals surface area contributed by atoms with Gasteiger partial charge in [-0.2, -0.15) is 0 Å². The van der Waals surface area contributed by atoms with Gasteiger partial charge in [-0.3, -0.25) is 4.79 Å². The van der Waals surface area contributed by atoms with Gasteiger partial charge in [-0.1, -0.05) is 15.9 Å². The third-order valence-electron chi connectivity index (χ3n) is 4.63. The number of hydrogen-bond acceptors (Lipinski definition) is 5. The quantitative estimate of drug-likeness (QED) is 0.820. The largest absolute Gasteiger partial charge is 0.493 e. The Morgan fingerprint density at radius 3 is 2.35 bits per heavy atom. The molecule has 0 unspecified atom stereocenters. The van der Waals surface area contributed by atoms with Crippen molar-refractivity contribution in [2.45, 2.75) is 12.3 Å². The number of carbonyl (C=O) groups excluding carboxylic acids is 1. The number of fused-ring (bicyclic) bond motifs is 2. The van der Waals surface area contributed by atoms with Crippen molar-refractivity contribution < 1.29 is 23.7 Å². The van der Waals surface area contributed by atoms with Crippen LogP contribution in [-0.2, 0) is 4.79 Å². The third kappa shape index (κ3) is 2.86. The molecule has 1 amide bonds. The predicted molar refractivity (Wildman–Crippen MR) is 99.8 cm³/mol. The zero-order chi connectivity index (χ0) is 18.3. The number of ether oxygens (including phenoxy) is 4. The fraction of sp³-hybridized carbons (Fsp3) is 0.316. The Labute approximate surface area is 159 Å². The Bertz CT molecular complexity index is 883. The van der Waals surface area contributed by atoms with Gasteiger partial charge in [0.05, 0.1) is 14.2 Å². The number of anilines is 1. The van der Waals surface area contributed by atoms with Crippen molar-refractivity contribution >= 4 is 27.5 Å². The van der Waals surface area contributed by atoms with Crippen LogP contribution in [0.15, 0.2) is 28.7 Å². The maximum Gasteiger partial charge on any atom is 0.225 e. The Balaban J connectivity index is 1.85. The minimum atomic E-state index is -0.135. The fourth-order valence-corrected chi connectivity index (χ4v) is 4.01. The minimum Gasteiger partial charge on any atom is -0.493 e. The van der Waals surface area contributed by atoms with Gasteiger partial charge in [0.2, 0.25) is 5.91 Å². The predicted octanol–water partition coefficient (Wildman–Crippen LogP) is 3.71. The van der Waals surface area contributed by atoms with Gasteiger partial charge < -0.3 is 24.3 Å². The Hall–Kier alpha value is -2.41. The van der Waals surface area contributed by atoms with E-state index in [-0.39, 0.29) is 11.8 Å². The van der Waals surface area contributed by atoms with Crippen molar-refractivity contribution in [2.75, 3.05) is 32.8 Å². The van der Waals surface area contributed by atoms with E-state index < -0.39 is 0 Å². The molecule has 136 valence electrons. The first kappa shape index (κ1) is 17.0. The second-order valence-electron chi connectivity index (χ2n) is 6.12. The van der Waals surface area contributed by atoms with Crippen molar-refractivity contribution in [3.05, 3.63) is 39.9 Å². The van der Waals surface area contributed by atoms with Gasteiger partial charge in [-0.15, -0.1) is 0 Å². The molecule has 2 aromatic rings.